The second kappa shape index (κ2) is 3.64. The van der Waals surface area contributed by atoms with E-state index in [-0.39, 0.29) is 51.4 Å². The fourth-order valence-electron chi connectivity index (χ4n) is 0.880. The Kier molecular flexibility index (Phi) is 3.07. The fraction of sp³-hybridized carbons (Fsp3) is 0. The van der Waals surface area contributed by atoms with E-state index in [2.05, 4.69) is 9.97 Å². The number of benzene rings is 1. The Bertz CT molecular complexity index is 286. The van der Waals surface area contributed by atoms with Crippen molar-refractivity contribution in [1.82, 2.24) is 9.97 Å². The Morgan fingerprint density at radius 3 is 2.80 bits per heavy atom. The summed E-state index contributed by atoms with van der Waals surface area (Å²) in [6.07, 6.45) is 1.70. The van der Waals surface area contributed by atoms with Gasteiger partial charge in [-0.15, -0.1) is 0 Å². The van der Waals surface area contributed by atoms with Gasteiger partial charge in [-0.2, -0.15) is 0 Å². The van der Waals surface area contributed by atoms with E-state index >= 15 is 0 Å². The van der Waals surface area contributed by atoms with Crippen molar-refractivity contribution in [2.45, 2.75) is 0 Å². The Balaban J connectivity index is 0.000000500. The van der Waals surface area contributed by atoms with Crippen molar-refractivity contribution in [2.24, 2.45) is 0 Å². The first-order chi connectivity index (χ1) is 4.47. The number of rotatable bonds is 0. The topological polar surface area (TPSA) is 28.7 Å². The summed E-state index contributed by atoms with van der Waals surface area (Å²) in [6.45, 7) is 0. The molecule has 10 heavy (non-hydrogen) atoms. The number of H-pyrrole nitrogens is 1. The van der Waals surface area contributed by atoms with Gasteiger partial charge in [0, 0.05) is 51.4 Å². The van der Waals surface area contributed by atoms with Crippen LogP contribution in [0, 0.1) is 0 Å². The number of hydrogen-bond donors (Lipinski definition) is 1. The number of nitrogens with one attached hydrogen (secondary N) is 1. The summed E-state index contributed by atoms with van der Waals surface area (Å²) in [5.74, 6) is 0. The second-order valence-electron chi connectivity index (χ2n) is 1.92. The molecule has 45 valence electrons. The molecule has 1 N–H and O–H groups in total. The molecule has 2 rings (SSSR count). The molecular weight excluding hydrogens is 151 g/mol. The summed E-state index contributed by atoms with van der Waals surface area (Å²) in [4.78, 5) is 7.07. The Morgan fingerprint density at radius 1 is 1.20 bits per heavy atom. The minimum Gasteiger partial charge on any atom is -0.345 e. The van der Waals surface area contributed by atoms with Crippen LogP contribution in [0.2, 0.25) is 0 Å². The van der Waals surface area contributed by atoms with Gasteiger partial charge in [-0.25, -0.2) is 4.98 Å². The van der Waals surface area contributed by atoms with Crippen LogP contribution in [-0.4, -0.2) is 61.4 Å². The molecule has 0 spiro atoms. The predicted octanol–water partition coefficient (Wildman–Crippen LogP) is 1.18. The van der Waals surface area contributed by atoms with Gasteiger partial charge in [0.15, 0.2) is 0 Å². The molecule has 0 aliphatic heterocycles. The van der Waals surface area contributed by atoms with Crippen LogP contribution in [-0.2, 0) is 0 Å². The SMILES string of the molecule is [K].c1ccc2[nH]cnc2c1. The van der Waals surface area contributed by atoms with Crippen LogP contribution < -0.4 is 0 Å². The van der Waals surface area contributed by atoms with E-state index in [1.807, 2.05) is 24.3 Å². The molecule has 0 saturated heterocycles. The largest absolute Gasteiger partial charge is 0.345 e. The number of imidazole rings is 1. The molecule has 0 fully saturated rings. The number of aromatic nitrogens is 2. The maximum absolute atomic E-state index is 4.06. The number of nitrogens with zero attached hydrogens (tertiary/aromatic N) is 1. The van der Waals surface area contributed by atoms with Crippen molar-refractivity contribution in [3.63, 3.8) is 0 Å². The van der Waals surface area contributed by atoms with E-state index in [1.54, 1.807) is 6.33 Å². The van der Waals surface area contributed by atoms with Crippen LogP contribution in [0.15, 0.2) is 30.6 Å². The minimum absolute atomic E-state index is 0. The van der Waals surface area contributed by atoms with Gasteiger partial charge in [0.25, 0.3) is 0 Å². The van der Waals surface area contributed by atoms with Gasteiger partial charge in [0.05, 0.1) is 17.4 Å². The molecule has 1 heterocycles. The average Bonchev–Trinajstić information content (AvgIpc) is 2.33. The smallest absolute Gasteiger partial charge is 0.0931 e. The fourth-order valence-corrected chi connectivity index (χ4v) is 0.880. The van der Waals surface area contributed by atoms with Gasteiger partial charge >= 0.3 is 0 Å². The van der Waals surface area contributed by atoms with E-state index in [0.717, 1.165) is 11.0 Å². The maximum atomic E-state index is 4.06. The molecule has 0 aliphatic rings. The molecule has 0 unspecified atom stereocenters. The van der Waals surface area contributed by atoms with Crippen molar-refractivity contribution < 1.29 is 0 Å². The van der Waals surface area contributed by atoms with Gasteiger partial charge in [-0.1, -0.05) is 12.1 Å². The zero-order valence-corrected chi connectivity index (χ0v) is 8.96. The molecule has 1 aromatic heterocycles. The Labute approximate surface area is 101 Å². The first-order valence-electron chi connectivity index (χ1n) is 2.85. The molecule has 0 amide bonds. The summed E-state index contributed by atoms with van der Waals surface area (Å²) < 4.78 is 0. The molecule has 2 aromatic rings. The normalized spacial score (nSPS) is 9.20. The summed E-state index contributed by atoms with van der Waals surface area (Å²) in [5, 5.41) is 0. The molecule has 0 atom stereocenters. The second-order valence-corrected chi connectivity index (χ2v) is 1.92. The molecule has 2 nitrogen and oxygen atoms in total. The van der Waals surface area contributed by atoms with Crippen molar-refractivity contribution in [3.05, 3.63) is 30.6 Å². The predicted molar refractivity (Wildman–Crippen MR) is 41.8 cm³/mol. The number of para-hydroxylation sites is 2. The Morgan fingerprint density at radius 2 is 2.00 bits per heavy atom. The summed E-state index contributed by atoms with van der Waals surface area (Å²) >= 11 is 0. The van der Waals surface area contributed by atoms with Gasteiger partial charge < -0.3 is 4.98 Å². The van der Waals surface area contributed by atoms with Crippen molar-refractivity contribution in [1.29, 1.82) is 0 Å². The van der Waals surface area contributed by atoms with Crippen LogP contribution in [0.5, 0.6) is 0 Å². The zero-order chi connectivity index (χ0) is 6.10. The zero-order valence-electron chi connectivity index (χ0n) is 5.83. The first kappa shape index (κ1) is 8.42. The van der Waals surface area contributed by atoms with Crippen molar-refractivity contribution in [3.8, 4) is 0 Å². The third kappa shape index (κ3) is 1.49. The molecule has 3 heteroatoms. The third-order valence-electron chi connectivity index (χ3n) is 1.33. The molecule has 1 aromatic carbocycles. The monoisotopic (exact) mass is 157 g/mol. The van der Waals surface area contributed by atoms with E-state index < -0.39 is 0 Å². The van der Waals surface area contributed by atoms with Gasteiger partial charge in [-0.05, 0) is 12.1 Å². The van der Waals surface area contributed by atoms with Crippen LogP contribution in [0.4, 0.5) is 0 Å². The first-order valence-corrected chi connectivity index (χ1v) is 2.85. The van der Waals surface area contributed by atoms with Gasteiger partial charge in [-0.3, -0.25) is 0 Å². The van der Waals surface area contributed by atoms with Gasteiger partial charge in [0.2, 0.25) is 0 Å². The molecule has 1 radical (unpaired) electrons. The average molecular weight is 157 g/mol. The van der Waals surface area contributed by atoms with Crippen LogP contribution in [0.25, 0.3) is 11.0 Å². The standard InChI is InChI=1S/C7H6N2.K/c1-2-4-7-6(3-1)8-5-9-7;/h1-5H,(H,8,9);. The molecular formula is C7H6KN2. The van der Waals surface area contributed by atoms with Gasteiger partial charge in [0.1, 0.15) is 0 Å². The van der Waals surface area contributed by atoms with E-state index in [1.165, 1.54) is 0 Å². The minimum atomic E-state index is 0. The number of hydrogen-bond acceptors (Lipinski definition) is 1. The van der Waals surface area contributed by atoms with E-state index in [0.29, 0.717) is 0 Å². The molecule has 0 bridgehead atoms. The summed E-state index contributed by atoms with van der Waals surface area (Å²) in [5.41, 5.74) is 2.12. The maximum Gasteiger partial charge on any atom is 0.0931 e. The van der Waals surface area contributed by atoms with Crippen molar-refractivity contribution >= 4 is 62.4 Å². The third-order valence-corrected chi connectivity index (χ3v) is 1.33. The van der Waals surface area contributed by atoms with Crippen LogP contribution >= 0.6 is 0 Å². The van der Waals surface area contributed by atoms with Crippen LogP contribution in [0.1, 0.15) is 0 Å². The summed E-state index contributed by atoms with van der Waals surface area (Å²) in [7, 11) is 0. The summed E-state index contributed by atoms with van der Waals surface area (Å²) in [6, 6.07) is 7.94. The van der Waals surface area contributed by atoms with E-state index in [4.69, 9.17) is 0 Å². The molecule has 0 aliphatic carbocycles. The number of fused-ring (bicyclic) bond motifs is 1. The van der Waals surface area contributed by atoms with Crippen molar-refractivity contribution in [2.75, 3.05) is 0 Å². The van der Waals surface area contributed by atoms with Crippen LogP contribution in [0.3, 0.4) is 0 Å². The Hall–Kier alpha value is 0.326. The quantitative estimate of drug-likeness (QED) is 0.572. The van der Waals surface area contributed by atoms with E-state index in [9.17, 15) is 0 Å². The number of aromatic amines is 1. The molecule has 0 saturated carbocycles.